The zero-order valence-corrected chi connectivity index (χ0v) is 18.6. The minimum absolute atomic E-state index is 0.0133. The van der Waals surface area contributed by atoms with E-state index in [1.807, 2.05) is 49.4 Å². The third-order valence-electron chi connectivity index (χ3n) is 5.32. The van der Waals surface area contributed by atoms with Gasteiger partial charge in [0.1, 0.15) is 0 Å². The van der Waals surface area contributed by atoms with Crippen LogP contribution in [0.3, 0.4) is 0 Å². The van der Waals surface area contributed by atoms with E-state index in [9.17, 15) is 24.3 Å². The van der Waals surface area contributed by atoms with Gasteiger partial charge in [0.25, 0.3) is 11.7 Å². The monoisotopic (exact) mass is 464 g/mol. The van der Waals surface area contributed by atoms with Crippen LogP contribution in [0.4, 0.5) is 10.5 Å². The Morgan fingerprint density at radius 2 is 1.85 bits per heavy atom. The Bertz CT molecular complexity index is 1310. The maximum atomic E-state index is 12.7. The second-order valence-corrected chi connectivity index (χ2v) is 8.39. The fraction of sp³-hybridized carbons (Fsp3) is 0.174. The summed E-state index contributed by atoms with van der Waals surface area (Å²) in [6.45, 7) is 1.87. The number of carbonyl (C=O) groups excluding carboxylic acids is 3. The van der Waals surface area contributed by atoms with Gasteiger partial charge in [0, 0.05) is 7.05 Å². The highest BCUT2D eigenvalue weighted by Crippen LogP contribution is 2.28. The van der Waals surface area contributed by atoms with E-state index in [-0.39, 0.29) is 11.9 Å². The highest BCUT2D eigenvalue weighted by atomic mass is 32.1. The molecular formula is C23H20N4O5S. The summed E-state index contributed by atoms with van der Waals surface area (Å²) < 4.78 is 0. The van der Waals surface area contributed by atoms with Crippen molar-refractivity contribution in [3.8, 4) is 0 Å². The molecule has 1 aliphatic rings. The normalized spacial score (nSPS) is 17.0. The molecule has 0 spiro atoms. The lowest BCUT2D eigenvalue weighted by molar-refractivity contribution is -0.149. The first-order chi connectivity index (χ1) is 15.8. The molecule has 2 aromatic carbocycles. The number of carboxylic acids is 1. The third kappa shape index (κ3) is 4.20. The molecule has 4 rings (SSSR count). The smallest absolute Gasteiger partial charge is 0.336 e. The van der Waals surface area contributed by atoms with Crippen molar-refractivity contribution in [1.29, 1.82) is 0 Å². The van der Waals surface area contributed by atoms with Crippen LogP contribution in [0.1, 0.15) is 23.4 Å². The molecular weight excluding hydrogens is 444 g/mol. The molecule has 1 aromatic heterocycles. The van der Waals surface area contributed by atoms with E-state index in [0.717, 1.165) is 32.6 Å². The van der Waals surface area contributed by atoms with Gasteiger partial charge >= 0.3 is 12.0 Å². The summed E-state index contributed by atoms with van der Waals surface area (Å²) in [6.07, 6.45) is 0. The van der Waals surface area contributed by atoms with Crippen molar-refractivity contribution in [1.82, 2.24) is 10.2 Å². The van der Waals surface area contributed by atoms with E-state index in [1.165, 1.54) is 7.05 Å². The Labute approximate surface area is 192 Å². The fourth-order valence-corrected chi connectivity index (χ4v) is 4.55. The molecule has 3 N–H and O–H groups in total. The van der Waals surface area contributed by atoms with Crippen LogP contribution in [0.15, 0.2) is 58.9 Å². The number of nitrogens with one attached hydrogen (secondary N) is 2. The van der Waals surface area contributed by atoms with Gasteiger partial charge in [-0.15, -0.1) is 11.3 Å². The van der Waals surface area contributed by atoms with Crippen molar-refractivity contribution in [2.45, 2.75) is 19.0 Å². The lowest BCUT2D eigenvalue weighted by Gasteiger charge is -2.25. The average Bonchev–Trinajstić information content (AvgIpc) is 3.24. The number of fused-ring (bicyclic) bond motifs is 1. The number of carbonyl (C=O) groups is 4. The van der Waals surface area contributed by atoms with Gasteiger partial charge in [-0.05, 0) is 34.7 Å². The summed E-state index contributed by atoms with van der Waals surface area (Å²) in [4.78, 5) is 53.6. The molecule has 33 heavy (non-hydrogen) atoms. The van der Waals surface area contributed by atoms with E-state index >= 15 is 0 Å². The number of rotatable bonds is 5. The van der Waals surface area contributed by atoms with Crippen LogP contribution >= 0.6 is 11.3 Å². The molecule has 0 saturated carbocycles. The largest absolute Gasteiger partial charge is 0.479 e. The highest BCUT2D eigenvalue weighted by Gasteiger charge is 2.40. The van der Waals surface area contributed by atoms with Crippen LogP contribution in [0.2, 0.25) is 0 Å². The molecule has 0 radical (unpaired) electrons. The van der Waals surface area contributed by atoms with Crippen molar-refractivity contribution in [3.63, 3.8) is 0 Å². The Hall–Kier alpha value is -4.05. The zero-order valence-electron chi connectivity index (χ0n) is 17.7. The van der Waals surface area contributed by atoms with Crippen LogP contribution < -0.4 is 10.6 Å². The lowest BCUT2D eigenvalue weighted by Crippen LogP contribution is -2.50. The molecule has 2 unspecified atom stereocenters. The van der Waals surface area contributed by atoms with Gasteiger partial charge in [0.05, 0.1) is 16.6 Å². The number of anilines is 1. The maximum absolute atomic E-state index is 12.7. The fourth-order valence-electron chi connectivity index (χ4n) is 3.67. The maximum Gasteiger partial charge on any atom is 0.336 e. The van der Waals surface area contributed by atoms with Gasteiger partial charge in [-0.25, -0.2) is 14.6 Å². The van der Waals surface area contributed by atoms with E-state index in [2.05, 4.69) is 15.6 Å². The number of amides is 3. The number of amidine groups is 1. The predicted octanol–water partition coefficient (Wildman–Crippen LogP) is 3.02. The molecule has 0 aliphatic carbocycles. The first-order valence-electron chi connectivity index (χ1n) is 10.0. The summed E-state index contributed by atoms with van der Waals surface area (Å²) in [5, 5.41) is 18.7. The van der Waals surface area contributed by atoms with Crippen molar-refractivity contribution in [2.24, 2.45) is 4.99 Å². The second kappa shape index (κ2) is 8.83. The number of nitrogens with zero attached hydrogens (tertiary/aromatic N) is 2. The van der Waals surface area contributed by atoms with E-state index < -0.39 is 29.7 Å². The molecule has 0 saturated heterocycles. The standard InChI is InChI=1S/C23H20N4O5S/c1-12(14-9-5-7-13-6-3-4-8-15(13)14)24-23(32)25-16-10-11-33-19(16)20-26-17(22(30)31)18(28)21(29)27(20)2/h3-12,17H,1-2H3,(H,30,31)(H2,24,25,32). The number of thiophene rings is 1. The Morgan fingerprint density at radius 1 is 1.12 bits per heavy atom. The Balaban J connectivity index is 1.56. The van der Waals surface area contributed by atoms with E-state index in [0.29, 0.717) is 10.6 Å². The molecule has 168 valence electrons. The minimum Gasteiger partial charge on any atom is -0.479 e. The molecule has 10 heteroatoms. The van der Waals surface area contributed by atoms with Crippen LogP contribution in [-0.4, -0.2) is 52.6 Å². The lowest BCUT2D eigenvalue weighted by atomic mass is 10.00. The molecule has 0 bridgehead atoms. The number of ketones is 1. The summed E-state index contributed by atoms with van der Waals surface area (Å²) >= 11 is 1.16. The molecule has 3 amide bonds. The van der Waals surface area contributed by atoms with Crippen LogP contribution in [-0.2, 0) is 14.4 Å². The van der Waals surface area contributed by atoms with Gasteiger partial charge < -0.3 is 15.7 Å². The molecule has 2 atom stereocenters. The van der Waals surface area contributed by atoms with Crippen molar-refractivity contribution in [2.75, 3.05) is 12.4 Å². The number of hydrogen-bond acceptors (Lipinski definition) is 6. The van der Waals surface area contributed by atoms with Gasteiger partial charge in [0.2, 0.25) is 6.04 Å². The number of hydrogen-bond donors (Lipinski definition) is 3. The second-order valence-electron chi connectivity index (χ2n) is 7.47. The number of urea groups is 1. The van der Waals surface area contributed by atoms with Crippen molar-refractivity contribution < 1.29 is 24.3 Å². The molecule has 0 fully saturated rings. The van der Waals surface area contributed by atoms with Gasteiger partial charge in [-0.3, -0.25) is 14.5 Å². The number of Topliss-reactive ketones (excluding diaryl/α,β-unsaturated/α-hetero) is 1. The van der Waals surface area contributed by atoms with Gasteiger partial charge in [-0.1, -0.05) is 42.5 Å². The number of carboxylic acid groups (broad SMARTS) is 1. The van der Waals surface area contributed by atoms with Crippen LogP contribution in [0, 0.1) is 0 Å². The Kier molecular flexibility index (Phi) is 5.93. The molecule has 2 heterocycles. The summed E-state index contributed by atoms with van der Waals surface area (Å²) in [6, 6.07) is 12.8. The highest BCUT2D eigenvalue weighted by molar-refractivity contribution is 7.12. The molecule has 3 aromatic rings. The number of aliphatic carboxylic acids is 1. The van der Waals surface area contributed by atoms with Gasteiger partial charge in [-0.2, -0.15) is 0 Å². The number of aliphatic imine (C=N–C) groups is 1. The van der Waals surface area contributed by atoms with Crippen molar-refractivity contribution in [3.05, 3.63) is 64.4 Å². The number of likely N-dealkylation sites (N-methyl/N-ethyl adjacent to an activating group) is 1. The van der Waals surface area contributed by atoms with Crippen LogP contribution in [0.5, 0.6) is 0 Å². The zero-order chi connectivity index (χ0) is 23.7. The summed E-state index contributed by atoms with van der Waals surface area (Å²) in [7, 11) is 1.34. The summed E-state index contributed by atoms with van der Waals surface area (Å²) in [5.74, 6) is -3.58. The quantitative estimate of drug-likeness (QED) is 0.395. The first kappa shape index (κ1) is 22.2. The van der Waals surface area contributed by atoms with Crippen molar-refractivity contribution >= 4 is 57.3 Å². The molecule has 9 nitrogen and oxygen atoms in total. The van der Waals surface area contributed by atoms with E-state index in [1.54, 1.807) is 11.4 Å². The van der Waals surface area contributed by atoms with Crippen LogP contribution in [0.25, 0.3) is 10.8 Å². The van der Waals surface area contributed by atoms with E-state index in [4.69, 9.17) is 0 Å². The third-order valence-corrected chi connectivity index (χ3v) is 6.23. The van der Waals surface area contributed by atoms with Gasteiger partial charge in [0.15, 0.2) is 5.84 Å². The number of benzene rings is 2. The average molecular weight is 465 g/mol. The topological polar surface area (TPSA) is 128 Å². The minimum atomic E-state index is -1.81. The summed E-state index contributed by atoms with van der Waals surface area (Å²) in [5.41, 5.74) is 1.30. The predicted molar refractivity (Wildman–Crippen MR) is 125 cm³/mol. The first-order valence-corrected chi connectivity index (χ1v) is 10.9. The molecule has 1 aliphatic heterocycles. The Morgan fingerprint density at radius 3 is 2.61 bits per heavy atom. The SMILES string of the molecule is CC(NC(=O)Nc1ccsc1C1=NC(C(=O)O)C(=O)C(=O)N1C)c1cccc2ccccc12.